The van der Waals surface area contributed by atoms with Crippen molar-refractivity contribution >= 4 is 11.4 Å². The summed E-state index contributed by atoms with van der Waals surface area (Å²) in [6.07, 6.45) is 4.88. The Bertz CT molecular complexity index is 259. The first-order valence-electron chi connectivity index (χ1n) is 5.56. The van der Waals surface area contributed by atoms with Gasteiger partial charge in [-0.05, 0) is 30.7 Å². The van der Waals surface area contributed by atoms with Gasteiger partial charge in [-0.3, -0.25) is 10.3 Å². The highest BCUT2D eigenvalue weighted by Gasteiger charge is 1.92. The lowest BCUT2D eigenvalue weighted by atomic mass is 10.2. The van der Waals surface area contributed by atoms with Gasteiger partial charge < -0.3 is 5.73 Å². The first-order chi connectivity index (χ1) is 7.33. The molecule has 0 saturated heterocycles. The molecule has 0 fully saturated rings. The normalized spacial score (nSPS) is 10.2. The van der Waals surface area contributed by atoms with E-state index in [-0.39, 0.29) is 0 Å². The Hall–Kier alpha value is -1.22. The first kappa shape index (κ1) is 11.9. The van der Waals surface area contributed by atoms with E-state index in [4.69, 9.17) is 10.6 Å². The van der Waals surface area contributed by atoms with E-state index in [0.29, 0.717) is 0 Å². The molecule has 0 aliphatic rings. The molecule has 0 aliphatic heterocycles. The molecule has 3 N–H and O–H groups in total. The summed E-state index contributed by atoms with van der Waals surface area (Å²) in [7, 11) is 0. The van der Waals surface area contributed by atoms with E-state index < -0.39 is 0 Å². The summed E-state index contributed by atoms with van der Waals surface area (Å²) in [5.74, 6) is 0. The maximum Gasteiger partial charge on any atom is 0.0746 e. The van der Waals surface area contributed by atoms with Crippen LogP contribution in [0.5, 0.6) is 0 Å². The molecule has 3 nitrogen and oxygen atoms in total. The van der Waals surface area contributed by atoms with E-state index in [1.54, 1.807) is 0 Å². The van der Waals surface area contributed by atoms with E-state index in [2.05, 4.69) is 12.4 Å². The minimum absolute atomic E-state index is 0.754. The number of hydrogen-bond acceptors (Lipinski definition) is 3. The lowest BCUT2D eigenvalue weighted by Crippen LogP contribution is -2.02. The number of nitrogens with two attached hydrogens (primary N) is 1. The van der Waals surface area contributed by atoms with Crippen LogP contribution in [-0.2, 0) is 4.84 Å². The van der Waals surface area contributed by atoms with Gasteiger partial charge in [0.2, 0.25) is 0 Å². The maximum absolute atomic E-state index is 5.57. The van der Waals surface area contributed by atoms with Crippen LogP contribution in [0.1, 0.15) is 32.6 Å². The van der Waals surface area contributed by atoms with Crippen molar-refractivity contribution in [3.8, 4) is 0 Å². The van der Waals surface area contributed by atoms with Crippen LogP contribution in [0.25, 0.3) is 0 Å². The van der Waals surface area contributed by atoms with Crippen LogP contribution in [0, 0.1) is 0 Å². The smallest absolute Gasteiger partial charge is 0.0746 e. The van der Waals surface area contributed by atoms with Gasteiger partial charge in [0.05, 0.1) is 12.3 Å². The van der Waals surface area contributed by atoms with Gasteiger partial charge in [0.25, 0.3) is 0 Å². The molecule has 0 aliphatic carbocycles. The number of anilines is 2. The molecule has 1 aromatic rings. The Morgan fingerprint density at radius 2 is 1.87 bits per heavy atom. The van der Waals surface area contributed by atoms with E-state index in [0.717, 1.165) is 24.4 Å². The third-order valence-corrected chi connectivity index (χ3v) is 2.20. The van der Waals surface area contributed by atoms with Crippen molar-refractivity contribution in [3.05, 3.63) is 24.3 Å². The number of unbranched alkanes of at least 4 members (excludes halogenated alkanes) is 3. The van der Waals surface area contributed by atoms with Crippen LogP contribution >= 0.6 is 0 Å². The van der Waals surface area contributed by atoms with Gasteiger partial charge in [0.1, 0.15) is 0 Å². The van der Waals surface area contributed by atoms with Crippen molar-refractivity contribution in [1.82, 2.24) is 0 Å². The Morgan fingerprint density at radius 3 is 2.53 bits per heavy atom. The Labute approximate surface area is 91.6 Å². The summed E-state index contributed by atoms with van der Waals surface area (Å²) in [6, 6.07) is 7.51. The summed E-state index contributed by atoms with van der Waals surface area (Å²) in [6.45, 7) is 2.96. The van der Waals surface area contributed by atoms with Crippen molar-refractivity contribution in [1.29, 1.82) is 0 Å². The Balaban J connectivity index is 2.07. The third kappa shape index (κ3) is 5.27. The molecule has 3 heteroatoms. The minimum atomic E-state index is 0.754. The standard InChI is InChI=1S/C12H20N2O/c1-2-3-4-5-10-15-14-12-8-6-11(13)7-9-12/h6-9,14H,2-5,10,13H2,1H3. The van der Waals surface area contributed by atoms with Crippen LogP contribution in [0.2, 0.25) is 0 Å². The number of nitrogens with one attached hydrogen (secondary N) is 1. The molecule has 0 heterocycles. The highest BCUT2D eigenvalue weighted by atomic mass is 16.6. The van der Waals surface area contributed by atoms with Crippen molar-refractivity contribution in [2.45, 2.75) is 32.6 Å². The highest BCUT2D eigenvalue weighted by Crippen LogP contribution is 2.10. The van der Waals surface area contributed by atoms with Crippen molar-refractivity contribution in [2.75, 3.05) is 17.8 Å². The van der Waals surface area contributed by atoms with E-state index >= 15 is 0 Å². The van der Waals surface area contributed by atoms with E-state index in [1.165, 1.54) is 19.3 Å². The molecule has 1 rings (SSSR count). The number of hydrogen-bond donors (Lipinski definition) is 2. The predicted octanol–water partition coefficient (Wildman–Crippen LogP) is 3.19. The zero-order valence-corrected chi connectivity index (χ0v) is 9.33. The van der Waals surface area contributed by atoms with Crippen LogP contribution in [0.3, 0.4) is 0 Å². The number of benzene rings is 1. The molecular weight excluding hydrogens is 188 g/mol. The van der Waals surface area contributed by atoms with Crippen molar-refractivity contribution in [2.24, 2.45) is 0 Å². The fourth-order valence-electron chi connectivity index (χ4n) is 1.29. The van der Waals surface area contributed by atoms with Crippen molar-refractivity contribution < 1.29 is 4.84 Å². The molecule has 0 radical (unpaired) electrons. The van der Waals surface area contributed by atoms with Crippen LogP contribution in [0.15, 0.2) is 24.3 Å². The molecule has 0 saturated carbocycles. The fourth-order valence-corrected chi connectivity index (χ4v) is 1.29. The van der Waals surface area contributed by atoms with Gasteiger partial charge in [-0.2, -0.15) is 0 Å². The molecule has 0 atom stereocenters. The topological polar surface area (TPSA) is 47.3 Å². The average Bonchev–Trinajstić information content (AvgIpc) is 2.26. The summed E-state index contributed by atoms with van der Waals surface area (Å²) in [5, 5.41) is 0. The van der Waals surface area contributed by atoms with E-state index in [1.807, 2.05) is 24.3 Å². The lowest BCUT2D eigenvalue weighted by molar-refractivity contribution is 0.187. The zero-order valence-electron chi connectivity index (χ0n) is 9.33. The zero-order chi connectivity index (χ0) is 10.9. The molecular formula is C12H20N2O. The molecule has 0 bridgehead atoms. The van der Waals surface area contributed by atoms with Crippen molar-refractivity contribution in [3.63, 3.8) is 0 Å². The second-order valence-electron chi connectivity index (χ2n) is 3.63. The van der Waals surface area contributed by atoms with Crippen LogP contribution < -0.4 is 11.2 Å². The minimum Gasteiger partial charge on any atom is -0.399 e. The number of nitrogen functional groups attached to an aromatic ring is 1. The fraction of sp³-hybridized carbons (Fsp3) is 0.500. The van der Waals surface area contributed by atoms with Gasteiger partial charge in [-0.25, -0.2) is 0 Å². The molecule has 84 valence electrons. The molecule has 0 amide bonds. The van der Waals surface area contributed by atoms with Gasteiger partial charge >= 0.3 is 0 Å². The molecule has 1 aromatic carbocycles. The summed E-state index contributed by atoms with van der Waals surface area (Å²) < 4.78 is 0. The van der Waals surface area contributed by atoms with Gasteiger partial charge in [0, 0.05) is 5.69 Å². The van der Waals surface area contributed by atoms with Gasteiger partial charge in [-0.1, -0.05) is 26.2 Å². The highest BCUT2D eigenvalue weighted by molar-refractivity contribution is 5.49. The van der Waals surface area contributed by atoms with Crippen LogP contribution in [0.4, 0.5) is 11.4 Å². The Morgan fingerprint density at radius 1 is 1.13 bits per heavy atom. The van der Waals surface area contributed by atoms with E-state index in [9.17, 15) is 0 Å². The number of rotatable bonds is 7. The SMILES string of the molecule is CCCCCCONc1ccc(N)cc1. The second-order valence-corrected chi connectivity index (χ2v) is 3.63. The largest absolute Gasteiger partial charge is 0.399 e. The quantitative estimate of drug-likeness (QED) is 0.411. The average molecular weight is 208 g/mol. The first-order valence-corrected chi connectivity index (χ1v) is 5.56. The van der Waals surface area contributed by atoms with Gasteiger partial charge in [-0.15, -0.1) is 0 Å². The summed E-state index contributed by atoms with van der Waals surface area (Å²) >= 11 is 0. The summed E-state index contributed by atoms with van der Waals surface area (Å²) in [4.78, 5) is 5.32. The lowest BCUT2D eigenvalue weighted by Gasteiger charge is -2.06. The van der Waals surface area contributed by atoms with Gasteiger partial charge in [0.15, 0.2) is 0 Å². The predicted molar refractivity (Wildman–Crippen MR) is 64.6 cm³/mol. The molecule has 0 aromatic heterocycles. The molecule has 15 heavy (non-hydrogen) atoms. The molecule has 0 unspecified atom stereocenters. The van der Waals surface area contributed by atoms with Crippen LogP contribution in [-0.4, -0.2) is 6.61 Å². The Kier molecular flexibility index (Phi) is 5.63. The summed E-state index contributed by atoms with van der Waals surface area (Å²) in [5.41, 5.74) is 10.2. The third-order valence-electron chi connectivity index (χ3n) is 2.20. The maximum atomic E-state index is 5.57. The monoisotopic (exact) mass is 208 g/mol. The second kappa shape index (κ2) is 7.12. The molecule has 0 spiro atoms.